The third kappa shape index (κ3) is 4.12. The molecule has 0 saturated carbocycles. The van der Waals surface area contributed by atoms with Crippen molar-refractivity contribution >= 4 is 44.0 Å². The zero-order chi connectivity index (χ0) is 19.6. The Labute approximate surface area is 173 Å². The topological polar surface area (TPSA) is 79.5 Å². The largest absolute Gasteiger partial charge is 0.506 e. The number of nitrogens with one attached hydrogen (secondary N) is 1. The maximum absolute atomic E-state index is 12.3. The van der Waals surface area contributed by atoms with E-state index in [2.05, 4.69) is 47.4 Å². The highest BCUT2D eigenvalue weighted by Crippen LogP contribution is 2.31. The number of aromatic nitrogens is 2. The van der Waals surface area contributed by atoms with Gasteiger partial charge in [0.1, 0.15) is 11.6 Å². The van der Waals surface area contributed by atoms with E-state index >= 15 is 0 Å². The number of aryl methyl sites for hydroxylation is 1. The summed E-state index contributed by atoms with van der Waals surface area (Å²) in [6.07, 6.45) is 3.31. The number of amides is 1. The van der Waals surface area contributed by atoms with Crippen LogP contribution in [0, 0.1) is 13.8 Å². The molecule has 0 bridgehead atoms. The summed E-state index contributed by atoms with van der Waals surface area (Å²) in [6.45, 7) is 3.94. The van der Waals surface area contributed by atoms with Crippen LogP contribution < -0.4 is 5.43 Å². The van der Waals surface area contributed by atoms with E-state index in [0.717, 1.165) is 22.8 Å². The van der Waals surface area contributed by atoms with E-state index in [9.17, 15) is 9.90 Å². The van der Waals surface area contributed by atoms with E-state index in [0.29, 0.717) is 8.95 Å². The van der Waals surface area contributed by atoms with Crippen LogP contribution in [0.4, 0.5) is 0 Å². The SMILES string of the molecule is Cc1cc(/C=N\NC(=O)c2cc(Br)cc(Br)c2O)c(C)n1-c1ccccn1. The van der Waals surface area contributed by atoms with Crippen molar-refractivity contribution in [2.45, 2.75) is 13.8 Å². The number of halogens is 2. The van der Waals surface area contributed by atoms with Gasteiger partial charge in [-0.3, -0.25) is 4.79 Å². The number of hydrogen-bond donors (Lipinski definition) is 2. The molecule has 2 N–H and O–H groups in total. The molecule has 0 radical (unpaired) electrons. The molecule has 0 unspecified atom stereocenters. The fraction of sp³-hybridized carbons (Fsp3) is 0.105. The summed E-state index contributed by atoms with van der Waals surface area (Å²) in [4.78, 5) is 16.7. The molecule has 3 rings (SSSR count). The molecule has 0 atom stereocenters. The second kappa shape index (κ2) is 8.06. The average Bonchev–Trinajstić information content (AvgIpc) is 2.92. The van der Waals surface area contributed by atoms with Crippen LogP contribution in [-0.4, -0.2) is 26.8 Å². The molecule has 27 heavy (non-hydrogen) atoms. The van der Waals surface area contributed by atoms with Crippen molar-refractivity contribution < 1.29 is 9.90 Å². The van der Waals surface area contributed by atoms with E-state index < -0.39 is 5.91 Å². The fourth-order valence-electron chi connectivity index (χ4n) is 2.72. The monoisotopic (exact) mass is 490 g/mol. The Hall–Kier alpha value is -2.45. The summed E-state index contributed by atoms with van der Waals surface area (Å²) in [6, 6.07) is 10.9. The number of phenols is 1. The lowest BCUT2D eigenvalue weighted by molar-refractivity contribution is 0.0952. The van der Waals surface area contributed by atoms with Crippen LogP contribution in [0.5, 0.6) is 5.75 Å². The highest BCUT2D eigenvalue weighted by molar-refractivity contribution is 9.11. The molecule has 138 valence electrons. The summed E-state index contributed by atoms with van der Waals surface area (Å²) in [5.41, 5.74) is 5.38. The lowest BCUT2D eigenvalue weighted by Crippen LogP contribution is -2.18. The van der Waals surface area contributed by atoms with E-state index in [1.54, 1.807) is 18.5 Å². The Bertz CT molecular complexity index is 1030. The van der Waals surface area contributed by atoms with Crippen LogP contribution in [-0.2, 0) is 0 Å². The number of carbonyl (C=O) groups excluding carboxylic acids is 1. The van der Waals surface area contributed by atoms with Crippen LogP contribution in [0.15, 0.2) is 56.6 Å². The molecule has 0 saturated heterocycles. The van der Waals surface area contributed by atoms with Crippen molar-refractivity contribution in [2.75, 3.05) is 0 Å². The summed E-state index contributed by atoms with van der Waals surface area (Å²) < 4.78 is 3.10. The number of hydrogen-bond acceptors (Lipinski definition) is 4. The quantitative estimate of drug-likeness (QED) is 0.417. The van der Waals surface area contributed by atoms with E-state index in [1.807, 2.05) is 42.7 Å². The minimum Gasteiger partial charge on any atom is -0.506 e. The number of aromatic hydroxyl groups is 1. The normalized spacial score (nSPS) is 11.1. The summed E-state index contributed by atoms with van der Waals surface area (Å²) >= 11 is 6.50. The van der Waals surface area contributed by atoms with Gasteiger partial charge in [-0.1, -0.05) is 22.0 Å². The van der Waals surface area contributed by atoms with Crippen molar-refractivity contribution in [1.82, 2.24) is 15.0 Å². The Morgan fingerprint density at radius 1 is 1.26 bits per heavy atom. The lowest BCUT2D eigenvalue weighted by atomic mass is 10.2. The smallest absolute Gasteiger partial charge is 0.275 e. The number of phenolic OH excluding ortho intramolecular Hbond substituents is 1. The van der Waals surface area contributed by atoms with Gasteiger partial charge in [0.25, 0.3) is 5.91 Å². The summed E-state index contributed by atoms with van der Waals surface area (Å²) in [5, 5.41) is 14.1. The second-order valence-electron chi connectivity index (χ2n) is 5.83. The standard InChI is InChI=1S/C19H16Br2N4O2/c1-11-7-13(12(2)25(11)17-5-3-4-6-22-17)10-23-24-19(27)15-8-14(20)9-16(21)18(15)26/h3-10,26H,1-2H3,(H,24,27)/b23-10-. The molecule has 1 aromatic carbocycles. The summed E-state index contributed by atoms with van der Waals surface area (Å²) in [5.74, 6) is 0.170. The molecular weight excluding hydrogens is 476 g/mol. The molecule has 6 nitrogen and oxygen atoms in total. The molecule has 2 aromatic heterocycles. The number of benzene rings is 1. The molecule has 1 amide bonds. The predicted molar refractivity (Wildman–Crippen MR) is 112 cm³/mol. The van der Waals surface area contributed by atoms with Crippen molar-refractivity contribution in [3.8, 4) is 11.6 Å². The first-order valence-electron chi connectivity index (χ1n) is 8.00. The van der Waals surface area contributed by atoms with Crippen molar-refractivity contribution in [1.29, 1.82) is 0 Å². The number of pyridine rings is 1. The molecule has 0 aliphatic carbocycles. The van der Waals surface area contributed by atoms with Gasteiger partial charge in [-0.2, -0.15) is 5.10 Å². The second-order valence-corrected chi connectivity index (χ2v) is 7.60. The van der Waals surface area contributed by atoms with Crippen molar-refractivity contribution in [3.05, 3.63) is 74.1 Å². The predicted octanol–water partition coefficient (Wildman–Crippen LogP) is 4.48. The van der Waals surface area contributed by atoms with Gasteiger partial charge in [0.15, 0.2) is 0 Å². The molecule has 0 fully saturated rings. The van der Waals surface area contributed by atoms with Crippen LogP contribution >= 0.6 is 31.9 Å². The number of nitrogens with zero attached hydrogens (tertiary/aromatic N) is 3. The molecule has 8 heteroatoms. The first kappa shape index (κ1) is 19.3. The third-order valence-electron chi connectivity index (χ3n) is 3.99. The Morgan fingerprint density at radius 3 is 2.74 bits per heavy atom. The molecule has 0 spiro atoms. The zero-order valence-corrected chi connectivity index (χ0v) is 17.7. The van der Waals surface area contributed by atoms with Crippen LogP contribution in [0.25, 0.3) is 5.82 Å². The number of rotatable bonds is 4. The van der Waals surface area contributed by atoms with Gasteiger partial charge in [0.2, 0.25) is 0 Å². The molecule has 3 aromatic rings. The van der Waals surface area contributed by atoms with Crippen molar-refractivity contribution in [3.63, 3.8) is 0 Å². The number of hydrazone groups is 1. The Morgan fingerprint density at radius 2 is 2.04 bits per heavy atom. The van der Waals surface area contributed by atoms with Gasteiger partial charge in [-0.15, -0.1) is 0 Å². The molecular formula is C19H16Br2N4O2. The highest BCUT2D eigenvalue weighted by Gasteiger charge is 2.15. The first-order valence-corrected chi connectivity index (χ1v) is 9.59. The minimum absolute atomic E-state index is 0.118. The molecule has 2 heterocycles. The van der Waals surface area contributed by atoms with Crippen LogP contribution in [0.1, 0.15) is 27.3 Å². The van der Waals surface area contributed by atoms with Gasteiger partial charge in [-0.05, 0) is 60.1 Å². The maximum atomic E-state index is 12.3. The van der Waals surface area contributed by atoms with Crippen molar-refractivity contribution in [2.24, 2.45) is 5.10 Å². The first-order chi connectivity index (χ1) is 12.9. The third-order valence-corrected chi connectivity index (χ3v) is 5.05. The van der Waals surface area contributed by atoms with Gasteiger partial charge in [0.05, 0.1) is 16.3 Å². The van der Waals surface area contributed by atoms with Crippen LogP contribution in [0.3, 0.4) is 0 Å². The Kier molecular flexibility index (Phi) is 5.76. The maximum Gasteiger partial charge on any atom is 0.275 e. The number of carbonyl (C=O) groups is 1. The Balaban J connectivity index is 1.81. The molecule has 0 aliphatic rings. The lowest BCUT2D eigenvalue weighted by Gasteiger charge is -2.07. The van der Waals surface area contributed by atoms with E-state index in [4.69, 9.17) is 0 Å². The van der Waals surface area contributed by atoms with Gasteiger partial charge in [0, 0.05) is 27.6 Å². The van der Waals surface area contributed by atoms with Gasteiger partial charge >= 0.3 is 0 Å². The van der Waals surface area contributed by atoms with Gasteiger partial charge < -0.3 is 9.67 Å². The average molecular weight is 492 g/mol. The highest BCUT2D eigenvalue weighted by atomic mass is 79.9. The van der Waals surface area contributed by atoms with Gasteiger partial charge in [-0.25, -0.2) is 10.4 Å². The van der Waals surface area contributed by atoms with E-state index in [1.165, 1.54) is 6.07 Å². The zero-order valence-electron chi connectivity index (χ0n) is 14.6. The van der Waals surface area contributed by atoms with E-state index in [-0.39, 0.29) is 11.3 Å². The van der Waals surface area contributed by atoms with Crippen LogP contribution in [0.2, 0.25) is 0 Å². The summed E-state index contributed by atoms with van der Waals surface area (Å²) in [7, 11) is 0. The minimum atomic E-state index is -0.510. The fourth-order valence-corrected chi connectivity index (χ4v) is 3.94. The molecule has 0 aliphatic heterocycles.